The Hall–Kier alpha value is -3.53. The maximum Gasteiger partial charge on any atom is 0.238 e. The number of allylic oxidation sites excluding steroid dienone is 2. The predicted molar refractivity (Wildman–Crippen MR) is 111 cm³/mol. The van der Waals surface area contributed by atoms with Crippen LogP contribution in [-0.4, -0.2) is 16.8 Å². The van der Waals surface area contributed by atoms with Crippen LogP contribution in [0.25, 0.3) is 0 Å². The number of benzene rings is 2. The van der Waals surface area contributed by atoms with Crippen molar-refractivity contribution >= 4 is 17.5 Å². The number of hydrogen-bond acceptors (Lipinski definition) is 3. The zero-order chi connectivity index (χ0) is 19.8. The van der Waals surface area contributed by atoms with Gasteiger partial charge in [-0.3, -0.25) is 14.6 Å². The Morgan fingerprint density at radius 3 is 1.52 bits per heavy atom. The zero-order valence-electron chi connectivity index (χ0n) is 15.8. The van der Waals surface area contributed by atoms with Gasteiger partial charge in [0.25, 0.3) is 0 Å². The Kier molecular flexibility index (Phi) is 4.32. The van der Waals surface area contributed by atoms with Crippen LogP contribution < -0.4 is 4.90 Å². The molecule has 4 heteroatoms. The first kappa shape index (κ1) is 17.6. The van der Waals surface area contributed by atoms with E-state index in [4.69, 9.17) is 0 Å². The first-order valence-electron chi connectivity index (χ1n) is 9.82. The van der Waals surface area contributed by atoms with Crippen molar-refractivity contribution in [2.75, 3.05) is 4.90 Å². The van der Waals surface area contributed by atoms with Gasteiger partial charge in [0.1, 0.15) is 0 Å². The van der Waals surface area contributed by atoms with Gasteiger partial charge in [0.05, 0.1) is 17.5 Å². The molecule has 1 aromatic heterocycles. The van der Waals surface area contributed by atoms with Crippen molar-refractivity contribution < 1.29 is 9.59 Å². The predicted octanol–water partition coefficient (Wildman–Crippen LogP) is 4.32. The Labute approximate surface area is 169 Å². The van der Waals surface area contributed by atoms with Gasteiger partial charge in [-0.15, -0.1) is 0 Å². The fourth-order valence-electron chi connectivity index (χ4n) is 4.68. The van der Waals surface area contributed by atoms with E-state index in [1.165, 1.54) is 4.90 Å². The van der Waals surface area contributed by atoms with Crippen LogP contribution >= 0.6 is 0 Å². The van der Waals surface area contributed by atoms with Crippen molar-refractivity contribution in [1.29, 1.82) is 0 Å². The molecule has 1 saturated heterocycles. The van der Waals surface area contributed by atoms with Crippen LogP contribution in [0.15, 0.2) is 97.3 Å². The minimum Gasteiger partial charge on any atom is -0.274 e. The van der Waals surface area contributed by atoms with Crippen molar-refractivity contribution in [3.05, 3.63) is 108 Å². The first-order valence-corrected chi connectivity index (χ1v) is 9.82. The standard InChI is InChI=1S/C25H20N2O2/c28-24-22-20(17-7-3-1-4-8-17)11-12-21(18-9-5-2-6-10-18)23(22)25(29)27(24)19-13-15-26-16-14-19/h1-16,20-23H/t20-,21+,22-,23-/m1/s1. The van der Waals surface area contributed by atoms with E-state index >= 15 is 0 Å². The van der Waals surface area contributed by atoms with Gasteiger partial charge in [-0.05, 0) is 23.3 Å². The highest BCUT2D eigenvalue weighted by molar-refractivity contribution is 6.22. The summed E-state index contributed by atoms with van der Waals surface area (Å²) < 4.78 is 0. The number of rotatable bonds is 3. The fraction of sp³-hybridized carbons (Fsp3) is 0.160. The topological polar surface area (TPSA) is 50.3 Å². The average Bonchev–Trinajstić information content (AvgIpc) is 3.06. The number of carbonyl (C=O) groups is 2. The number of carbonyl (C=O) groups excluding carboxylic acids is 2. The van der Waals surface area contributed by atoms with Gasteiger partial charge in [-0.25, -0.2) is 4.90 Å². The molecule has 3 aromatic rings. The van der Waals surface area contributed by atoms with Crippen molar-refractivity contribution in [1.82, 2.24) is 4.98 Å². The number of anilines is 1. The lowest BCUT2D eigenvalue weighted by Gasteiger charge is -2.32. The number of imide groups is 1. The highest BCUT2D eigenvalue weighted by atomic mass is 16.2. The van der Waals surface area contributed by atoms with Crippen LogP contribution in [0.1, 0.15) is 23.0 Å². The fourth-order valence-corrected chi connectivity index (χ4v) is 4.68. The maximum atomic E-state index is 13.6. The Morgan fingerprint density at radius 2 is 1.07 bits per heavy atom. The van der Waals surface area contributed by atoms with E-state index in [1.807, 2.05) is 60.7 Å². The molecule has 0 spiro atoms. The first-order chi connectivity index (χ1) is 14.3. The number of fused-ring (bicyclic) bond motifs is 1. The van der Waals surface area contributed by atoms with Crippen LogP contribution in [0.3, 0.4) is 0 Å². The minimum absolute atomic E-state index is 0.121. The number of nitrogens with zero attached hydrogens (tertiary/aromatic N) is 2. The van der Waals surface area contributed by atoms with Crippen LogP contribution in [0, 0.1) is 11.8 Å². The van der Waals surface area contributed by atoms with Crippen molar-refractivity contribution in [3.8, 4) is 0 Å². The highest BCUT2D eigenvalue weighted by Crippen LogP contribution is 2.50. The summed E-state index contributed by atoms with van der Waals surface area (Å²) in [6.07, 6.45) is 7.43. The van der Waals surface area contributed by atoms with Crippen LogP contribution in [0.5, 0.6) is 0 Å². The molecule has 142 valence electrons. The van der Waals surface area contributed by atoms with Crippen LogP contribution in [0.4, 0.5) is 5.69 Å². The summed E-state index contributed by atoms with van der Waals surface area (Å²) in [6, 6.07) is 23.4. The van der Waals surface area contributed by atoms with E-state index in [2.05, 4.69) is 17.1 Å². The third-order valence-electron chi connectivity index (χ3n) is 5.99. The molecule has 0 N–H and O–H groups in total. The smallest absolute Gasteiger partial charge is 0.238 e. The summed E-state index contributed by atoms with van der Waals surface area (Å²) in [5.41, 5.74) is 2.70. The van der Waals surface area contributed by atoms with E-state index in [9.17, 15) is 9.59 Å². The molecule has 0 radical (unpaired) electrons. The minimum atomic E-state index is -0.423. The van der Waals surface area contributed by atoms with Gasteiger partial charge in [0.2, 0.25) is 11.8 Å². The Balaban J connectivity index is 1.64. The van der Waals surface area contributed by atoms with Crippen molar-refractivity contribution in [2.45, 2.75) is 11.8 Å². The number of hydrogen-bond donors (Lipinski definition) is 0. The van der Waals surface area contributed by atoms with Gasteiger partial charge in [0, 0.05) is 24.2 Å². The molecule has 29 heavy (non-hydrogen) atoms. The van der Waals surface area contributed by atoms with Crippen molar-refractivity contribution in [3.63, 3.8) is 0 Å². The van der Waals surface area contributed by atoms with Gasteiger partial charge < -0.3 is 0 Å². The molecule has 0 saturated carbocycles. The summed E-state index contributed by atoms with van der Waals surface area (Å²) >= 11 is 0. The summed E-state index contributed by atoms with van der Waals surface area (Å²) in [5.74, 6) is -1.36. The Bertz CT molecular complexity index is 996. The summed E-state index contributed by atoms with van der Waals surface area (Å²) in [4.78, 5) is 32.5. The molecule has 1 fully saturated rings. The van der Waals surface area contributed by atoms with Crippen LogP contribution in [-0.2, 0) is 9.59 Å². The lowest BCUT2D eigenvalue weighted by Crippen LogP contribution is -2.31. The molecule has 0 unspecified atom stereocenters. The quantitative estimate of drug-likeness (QED) is 0.502. The van der Waals surface area contributed by atoms with Crippen LogP contribution in [0.2, 0.25) is 0 Å². The van der Waals surface area contributed by atoms with Gasteiger partial charge in [-0.1, -0.05) is 72.8 Å². The van der Waals surface area contributed by atoms with E-state index < -0.39 is 11.8 Å². The molecule has 5 rings (SSSR count). The third-order valence-corrected chi connectivity index (χ3v) is 5.99. The van der Waals surface area contributed by atoms with E-state index in [1.54, 1.807) is 24.5 Å². The molecular weight excluding hydrogens is 360 g/mol. The lowest BCUT2D eigenvalue weighted by atomic mass is 9.68. The second-order valence-electron chi connectivity index (χ2n) is 7.53. The molecule has 1 aliphatic heterocycles. The summed E-state index contributed by atoms with van der Waals surface area (Å²) in [6.45, 7) is 0. The van der Waals surface area contributed by atoms with Gasteiger partial charge >= 0.3 is 0 Å². The molecule has 2 amide bonds. The van der Waals surface area contributed by atoms with Crippen molar-refractivity contribution in [2.24, 2.45) is 11.8 Å². The number of aromatic nitrogens is 1. The molecule has 4 nitrogen and oxygen atoms in total. The van der Waals surface area contributed by atoms with Gasteiger partial charge in [-0.2, -0.15) is 0 Å². The molecule has 0 bridgehead atoms. The molecule has 2 heterocycles. The average molecular weight is 380 g/mol. The second-order valence-corrected chi connectivity index (χ2v) is 7.53. The van der Waals surface area contributed by atoms with E-state index in [0.29, 0.717) is 5.69 Å². The normalized spacial score (nSPS) is 25.9. The van der Waals surface area contributed by atoms with E-state index in [0.717, 1.165) is 11.1 Å². The molecule has 2 aliphatic rings. The summed E-state index contributed by atoms with van der Waals surface area (Å²) in [7, 11) is 0. The highest BCUT2D eigenvalue weighted by Gasteiger charge is 2.55. The van der Waals surface area contributed by atoms with Gasteiger partial charge in [0.15, 0.2) is 0 Å². The molecule has 4 atom stereocenters. The monoisotopic (exact) mass is 380 g/mol. The maximum absolute atomic E-state index is 13.6. The largest absolute Gasteiger partial charge is 0.274 e. The zero-order valence-corrected chi connectivity index (χ0v) is 15.8. The second kappa shape index (κ2) is 7.13. The lowest BCUT2D eigenvalue weighted by molar-refractivity contribution is -0.122. The summed E-state index contributed by atoms with van der Waals surface area (Å²) in [5, 5.41) is 0. The molecule has 2 aromatic carbocycles. The Morgan fingerprint density at radius 1 is 0.621 bits per heavy atom. The number of pyridine rings is 1. The third kappa shape index (κ3) is 2.88. The SMILES string of the molecule is O=C1[C@H]2[C@H](C(=O)N1c1ccncc1)[C@H](c1ccccc1)C=C[C@@H]2c1ccccc1. The van der Waals surface area contributed by atoms with E-state index in [-0.39, 0.29) is 23.7 Å². The molecule has 1 aliphatic carbocycles. The number of amides is 2. The molecular formula is C25H20N2O2.